The first-order valence-corrected chi connectivity index (χ1v) is 13.0. The first kappa shape index (κ1) is 25.8. The van der Waals surface area contributed by atoms with E-state index in [4.69, 9.17) is 4.84 Å². The molecular formula is C25H31N5O5S. The van der Waals surface area contributed by atoms with E-state index in [-0.39, 0.29) is 10.6 Å². The van der Waals surface area contributed by atoms with Gasteiger partial charge in [-0.25, -0.2) is 17.5 Å². The van der Waals surface area contributed by atoms with Gasteiger partial charge in [0.25, 0.3) is 5.91 Å². The summed E-state index contributed by atoms with van der Waals surface area (Å²) in [5.41, 5.74) is 4.46. The molecule has 11 heteroatoms. The Morgan fingerprint density at radius 1 is 1.14 bits per heavy atom. The number of hydrogen-bond donors (Lipinski definition) is 2. The largest absolute Gasteiger partial charge is 0.433 e. The zero-order chi connectivity index (χ0) is 26.4. The normalized spacial score (nSPS) is 17.1. The smallest absolute Gasteiger partial charge is 0.320 e. The Bertz CT molecular complexity index is 1360. The Kier molecular flexibility index (Phi) is 6.67. The quantitative estimate of drug-likeness (QED) is 0.479. The van der Waals surface area contributed by atoms with Crippen LogP contribution in [0.5, 0.6) is 0 Å². The first-order valence-electron chi connectivity index (χ1n) is 11.6. The zero-order valence-electron chi connectivity index (χ0n) is 21.3. The second-order valence-corrected chi connectivity index (χ2v) is 12.4. The Labute approximate surface area is 211 Å². The van der Waals surface area contributed by atoms with Gasteiger partial charge in [-0.05, 0) is 74.7 Å². The summed E-state index contributed by atoms with van der Waals surface area (Å²) < 4.78 is 26.2. The van der Waals surface area contributed by atoms with Gasteiger partial charge in [-0.1, -0.05) is 17.3 Å². The standard InChI is InChI=1S/C25H31N5O5S/c1-25(2,3)27-24(32)35-28-22-19-13-18(15-7-9-16(10-8-15)36(33,34)29(4)5)17-11-12-30(6)14-20(17)21(19)26-23(22)31/h7-10,13H,11-12,14H2,1-6H3,(H,27,32)(H,26,28,31). The summed E-state index contributed by atoms with van der Waals surface area (Å²) in [4.78, 5) is 32.3. The number of fused-ring (bicyclic) bond motifs is 3. The van der Waals surface area contributed by atoms with E-state index in [2.05, 4.69) is 20.7 Å². The Hall–Kier alpha value is -3.28. The van der Waals surface area contributed by atoms with Crippen LogP contribution in [0.1, 0.15) is 37.5 Å². The van der Waals surface area contributed by atoms with Crippen molar-refractivity contribution in [3.8, 4) is 11.1 Å². The van der Waals surface area contributed by atoms with E-state index >= 15 is 0 Å². The Balaban J connectivity index is 1.79. The predicted octanol–water partition coefficient (Wildman–Crippen LogP) is 2.77. The van der Waals surface area contributed by atoms with Crippen molar-refractivity contribution in [2.45, 2.75) is 44.2 Å². The third-order valence-corrected chi connectivity index (χ3v) is 7.90. The van der Waals surface area contributed by atoms with E-state index < -0.39 is 27.6 Å². The molecule has 10 nitrogen and oxygen atoms in total. The highest BCUT2D eigenvalue weighted by atomic mass is 32.2. The molecule has 2 aliphatic rings. The summed E-state index contributed by atoms with van der Waals surface area (Å²) in [5.74, 6) is -0.450. The minimum Gasteiger partial charge on any atom is -0.320 e. The van der Waals surface area contributed by atoms with E-state index in [0.29, 0.717) is 17.8 Å². The molecule has 0 atom stereocenters. The number of carbonyl (C=O) groups is 2. The summed E-state index contributed by atoms with van der Waals surface area (Å²) in [5, 5.41) is 9.43. The third-order valence-electron chi connectivity index (χ3n) is 6.07. The van der Waals surface area contributed by atoms with E-state index in [9.17, 15) is 18.0 Å². The monoisotopic (exact) mass is 513 g/mol. The summed E-state index contributed by atoms with van der Waals surface area (Å²) in [6.07, 6.45) is 0.00539. The van der Waals surface area contributed by atoms with E-state index in [1.54, 1.807) is 24.3 Å². The molecule has 0 unspecified atom stereocenters. The molecule has 0 saturated heterocycles. The summed E-state index contributed by atoms with van der Waals surface area (Å²) in [6.45, 7) is 6.89. The fourth-order valence-electron chi connectivity index (χ4n) is 4.30. The minimum atomic E-state index is -3.56. The lowest BCUT2D eigenvalue weighted by atomic mass is 9.87. The molecule has 2 aliphatic heterocycles. The Morgan fingerprint density at radius 2 is 1.81 bits per heavy atom. The van der Waals surface area contributed by atoms with Crippen LogP contribution in [0.4, 0.5) is 10.5 Å². The molecule has 0 saturated carbocycles. The van der Waals surface area contributed by atoms with Crippen molar-refractivity contribution < 1.29 is 22.8 Å². The van der Waals surface area contributed by atoms with Crippen LogP contribution < -0.4 is 10.6 Å². The van der Waals surface area contributed by atoms with Crippen molar-refractivity contribution in [1.29, 1.82) is 0 Å². The number of anilines is 1. The van der Waals surface area contributed by atoms with E-state index in [0.717, 1.165) is 35.2 Å². The van der Waals surface area contributed by atoms with Crippen LogP contribution in [0.25, 0.3) is 11.1 Å². The third kappa shape index (κ3) is 4.99. The van der Waals surface area contributed by atoms with Crippen LogP contribution in [0.15, 0.2) is 40.4 Å². The van der Waals surface area contributed by atoms with Gasteiger partial charge in [0.2, 0.25) is 10.0 Å². The maximum atomic E-state index is 12.8. The van der Waals surface area contributed by atoms with Crippen LogP contribution in [0, 0.1) is 0 Å². The molecule has 2 aromatic rings. The molecule has 2 N–H and O–H groups in total. The SMILES string of the molecule is CN1CCc2c(-c3ccc(S(=O)(=O)N(C)C)cc3)cc3c(c2C1)NC(=O)C3=NOC(=O)NC(C)(C)C. The number of oxime groups is 1. The minimum absolute atomic E-state index is 0.0122. The summed E-state index contributed by atoms with van der Waals surface area (Å²) >= 11 is 0. The lowest BCUT2D eigenvalue weighted by Gasteiger charge is -2.29. The van der Waals surface area contributed by atoms with Crippen molar-refractivity contribution in [2.24, 2.45) is 5.16 Å². The number of nitrogens with zero attached hydrogens (tertiary/aromatic N) is 3. The lowest BCUT2D eigenvalue weighted by Crippen LogP contribution is -2.40. The van der Waals surface area contributed by atoms with Gasteiger partial charge < -0.3 is 15.5 Å². The summed E-state index contributed by atoms with van der Waals surface area (Å²) in [6, 6.07) is 8.56. The van der Waals surface area contributed by atoms with Gasteiger partial charge in [-0.15, -0.1) is 0 Å². The van der Waals surface area contributed by atoms with E-state index in [1.165, 1.54) is 18.4 Å². The number of carbonyl (C=O) groups excluding carboxylic acids is 2. The molecule has 0 fully saturated rings. The number of sulfonamides is 1. The second-order valence-electron chi connectivity index (χ2n) is 10.3. The highest BCUT2D eigenvalue weighted by Crippen LogP contribution is 2.40. The van der Waals surface area contributed by atoms with Gasteiger partial charge in [0.1, 0.15) is 0 Å². The molecule has 192 valence electrons. The van der Waals surface area contributed by atoms with Gasteiger partial charge in [0.05, 0.1) is 10.6 Å². The maximum absolute atomic E-state index is 12.8. The molecule has 0 aliphatic carbocycles. The van der Waals surface area contributed by atoms with Gasteiger partial charge in [-0.2, -0.15) is 0 Å². The fourth-order valence-corrected chi connectivity index (χ4v) is 5.20. The topological polar surface area (TPSA) is 120 Å². The van der Waals surface area contributed by atoms with Crippen molar-refractivity contribution in [2.75, 3.05) is 33.0 Å². The molecule has 0 aromatic heterocycles. The fraction of sp³-hybridized carbons (Fsp3) is 0.400. The average molecular weight is 514 g/mol. The molecule has 2 amide bonds. The lowest BCUT2D eigenvalue weighted by molar-refractivity contribution is -0.110. The number of benzene rings is 2. The number of hydrogen-bond acceptors (Lipinski definition) is 7. The van der Waals surface area contributed by atoms with Crippen molar-refractivity contribution in [3.63, 3.8) is 0 Å². The van der Waals surface area contributed by atoms with Gasteiger partial charge in [-0.3, -0.25) is 9.63 Å². The molecule has 0 spiro atoms. The van der Waals surface area contributed by atoms with Crippen LogP contribution in [-0.2, 0) is 32.6 Å². The average Bonchev–Trinajstić information content (AvgIpc) is 3.11. The van der Waals surface area contributed by atoms with Crippen LogP contribution >= 0.6 is 0 Å². The van der Waals surface area contributed by atoms with E-state index in [1.807, 2.05) is 33.9 Å². The molecule has 0 radical (unpaired) electrons. The van der Waals surface area contributed by atoms with Gasteiger partial charge in [0, 0.05) is 38.3 Å². The number of rotatable bonds is 4. The second kappa shape index (κ2) is 9.30. The van der Waals surface area contributed by atoms with Crippen molar-refractivity contribution in [3.05, 3.63) is 47.0 Å². The maximum Gasteiger partial charge on any atom is 0.433 e. The van der Waals surface area contributed by atoms with Crippen molar-refractivity contribution in [1.82, 2.24) is 14.5 Å². The number of nitrogens with one attached hydrogen (secondary N) is 2. The van der Waals surface area contributed by atoms with Gasteiger partial charge in [0.15, 0.2) is 5.71 Å². The molecule has 4 rings (SSSR count). The number of likely N-dealkylation sites (N-methyl/N-ethyl adjacent to an activating group) is 1. The molecule has 36 heavy (non-hydrogen) atoms. The Morgan fingerprint density at radius 3 is 2.42 bits per heavy atom. The first-order chi connectivity index (χ1) is 16.8. The molecular weight excluding hydrogens is 482 g/mol. The van der Waals surface area contributed by atoms with Crippen molar-refractivity contribution >= 4 is 33.4 Å². The highest BCUT2D eigenvalue weighted by molar-refractivity contribution is 7.89. The molecule has 2 heterocycles. The van der Waals surface area contributed by atoms with Crippen LogP contribution in [0.2, 0.25) is 0 Å². The van der Waals surface area contributed by atoms with Gasteiger partial charge >= 0.3 is 6.09 Å². The zero-order valence-corrected chi connectivity index (χ0v) is 22.1. The molecule has 0 bridgehead atoms. The highest BCUT2D eigenvalue weighted by Gasteiger charge is 2.34. The summed E-state index contributed by atoms with van der Waals surface area (Å²) in [7, 11) is 1.44. The van der Waals surface area contributed by atoms with Crippen LogP contribution in [-0.4, -0.2) is 68.6 Å². The number of amides is 2. The predicted molar refractivity (Wildman–Crippen MR) is 137 cm³/mol. The van der Waals surface area contributed by atoms with Crippen LogP contribution in [0.3, 0.4) is 0 Å². The molecule has 2 aromatic carbocycles.